The molecule has 7 nitrogen and oxygen atoms in total. The first kappa shape index (κ1) is 12.2. The number of rotatable bonds is 5. The first-order chi connectivity index (χ1) is 8.72. The number of nitrogens with zero attached hydrogens (tertiary/aromatic N) is 4. The maximum absolute atomic E-state index is 10.9. The Labute approximate surface area is 103 Å². The summed E-state index contributed by atoms with van der Waals surface area (Å²) in [4.78, 5) is 10.4. The minimum atomic E-state index is -0.454. The van der Waals surface area contributed by atoms with Crippen LogP contribution >= 0.6 is 0 Å². The van der Waals surface area contributed by atoms with Crippen LogP contribution in [0.2, 0.25) is 0 Å². The maximum Gasteiger partial charge on any atom is 0.294 e. The summed E-state index contributed by atoms with van der Waals surface area (Å²) in [7, 11) is 0. The Morgan fingerprint density at radius 2 is 2.17 bits per heavy atom. The number of hydrogen-bond acceptors (Lipinski definition) is 5. The fourth-order valence-electron chi connectivity index (χ4n) is 1.60. The fourth-order valence-corrected chi connectivity index (χ4v) is 1.60. The molecule has 0 saturated heterocycles. The summed E-state index contributed by atoms with van der Waals surface area (Å²) in [6.07, 6.45) is 2.82. The highest BCUT2D eigenvalue weighted by atomic mass is 16.6. The predicted octanol–water partition coefficient (Wildman–Crippen LogP) is 1.10. The summed E-state index contributed by atoms with van der Waals surface area (Å²) in [5.74, 6) is 0. The van der Waals surface area contributed by atoms with E-state index < -0.39 is 4.92 Å². The average molecular weight is 248 g/mol. The van der Waals surface area contributed by atoms with Crippen LogP contribution in [0.25, 0.3) is 5.69 Å². The van der Waals surface area contributed by atoms with Crippen molar-refractivity contribution in [3.05, 3.63) is 46.3 Å². The summed E-state index contributed by atoms with van der Waals surface area (Å²) in [6.45, 7) is 0.0817. The smallest absolute Gasteiger partial charge is 0.294 e. The van der Waals surface area contributed by atoms with E-state index in [9.17, 15) is 10.1 Å². The number of hydrogen-bond donors (Lipinski definition) is 1. The molecule has 1 aromatic carbocycles. The lowest BCUT2D eigenvalue weighted by atomic mass is 10.2. The van der Waals surface area contributed by atoms with Crippen molar-refractivity contribution in [1.29, 1.82) is 0 Å². The second kappa shape index (κ2) is 5.37. The van der Waals surface area contributed by atoms with Gasteiger partial charge in [0.15, 0.2) is 0 Å². The Balaban J connectivity index is 2.31. The molecule has 18 heavy (non-hydrogen) atoms. The molecule has 0 amide bonds. The minimum Gasteiger partial charge on any atom is -0.396 e. The summed E-state index contributed by atoms with van der Waals surface area (Å²) in [5, 5.41) is 27.4. The molecule has 7 heteroatoms. The number of aliphatic hydroxyl groups excluding tert-OH is 1. The number of nitro groups is 1. The molecule has 0 aliphatic rings. The average Bonchev–Trinajstić information content (AvgIpc) is 2.85. The van der Waals surface area contributed by atoms with Crippen LogP contribution in [-0.2, 0) is 6.42 Å². The van der Waals surface area contributed by atoms with E-state index >= 15 is 0 Å². The van der Waals surface area contributed by atoms with Gasteiger partial charge in [0, 0.05) is 12.7 Å². The van der Waals surface area contributed by atoms with E-state index in [2.05, 4.69) is 10.3 Å². The van der Waals surface area contributed by atoms with Crippen molar-refractivity contribution < 1.29 is 10.0 Å². The molecule has 0 fully saturated rings. The zero-order chi connectivity index (χ0) is 13.0. The van der Waals surface area contributed by atoms with E-state index in [4.69, 9.17) is 5.11 Å². The van der Waals surface area contributed by atoms with Gasteiger partial charge in [-0.15, -0.1) is 5.10 Å². The zero-order valence-electron chi connectivity index (χ0n) is 9.56. The zero-order valence-corrected chi connectivity index (χ0v) is 9.56. The Bertz CT molecular complexity index is 553. The first-order valence-electron chi connectivity index (χ1n) is 5.48. The molecule has 0 aliphatic heterocycles. The number of aliphatic hydroxyl groups is 1. The van der Waals surface area contributed by atoms with Gasteiger partial charge in [-0.1, -0.05) is 17.3 Å². The Kier molecular flexibility index (Phi) is 3.63. The molecular formula is C11H12N4O3. The Hall–Kier alpha value is -2.28. The standard InChI is InChI=1S/C11H12N4O3/c16-7-3-4-9-8-14(13-12-9)10-5-1-2-6-11(10)15(17)18/h1-2,5-6,8,16H,3-4,7H2. The number of nitro benzene ring substituents is 1. The molecule has 0 radical (unpaired) electrons. The van der Waals surface area contributed by atoms with Crippen LogP contribution in [0.5, 0.6) is 0 Å². The summed E-state index contributed by atoms with van der Waals surface area (Å²) < 4.78 is 1.38. The predicted molar refractivity (Wildman–Crippen MR) is 63.4 cm³/mol. The van der Waals surface area contributed by atoms with Gasteiger partial charge in [0.05, 0.1) is 16.8 Å². The molecule has 0 aliphatic carbocycles. The van der Waals surface area contributed by atoms with Crippen LogP contribution in [0.1, 0.15) is 12.1 Å². The van der Waals surface area contributed by atoms with E-state index in [0.29, 0.717) is 24.2 Å². The van der Waals surface area contributed by atoms with E-state index in [1.54, 1.807) is 24.4 Å². The topological polar surface area (TPSA) is 94.1 Å². The van der Waals surface area contributed by atoms with Crippen molar-refractivity contribution in [2.24, 2.45) is 0 Å². The highest BCUT2D eigenvalue weighted by molar-refractivity contribution is 5.51. The van der Waals surface area contributed by atoms with Crippen LogP contribution in [0.15, 0.2) is 30.5 Å². The number of benzene rings is 1. The van der Waals surface area contributed by atoms with Crippen LogP contribution in [0.3, 0.4) is 0 Å². The van der Waals surface area contributed by atoms with Crippen molar-refractivity contribution in [3.63, 3.8) is 0 Å². The van der Waals surface area contributed by atoms with Gasteiger partial charge >= 0.3 is 0 Å². The molecular weight excluding hydrogens is 236 g/mol. The van der Waals surface area contributed by atoms with Crippen molar-refractivity contribution >= 4 is 5.69 Å². The van der Waals surface area contributed by atoms with Gasteiger partial charge in [-0.3, -0.25) is 10.1 Å². The number of aromatic nitrogens is 3. The third-order valence-electron chi connectivity index (χ3n) is 2.46. The minimum absolute atomic E-state index is 0.0175. The van der Waals surface area contributed by atoms with Crippen molar-refractivity contribution in [2.75, 3.05) is 6.61 Å². The third-order valence-corrected chi connectivity index (χ3v) is 2.46. The second-order valence-corrected chi connectivity index (χ2v) is 3.73. The fraction of sp³-hybridized carbons (Fsp3) is 0.273. The summed E-state index contributed by atoms with van der Waals surface area (Å²) in [5.41, 5.74) is 1.06. The molecule has 0 spiro atoms. The molecule has 0 bridgehead atoms. The second-order valence-electron chi connectivity index (χ2n) is 3.73. The SMILES string of the molecule is O=[N+]([O-])c1ccccc1-n1cc(CCCO)nn1. The molecule has 94 valence electrons. The molecule has 1 N–H and O–H groups in total. The lowest BCUT2D eigenvalue weighted by Gasteiger charge is -2.00. The van der Waals surface area contributed by atoms with E-state index in [1.807, 2.05) is 0 Å². The van der Waals surface area contributed by atoms with Gasteiger partial charge in [-0.2, -0.15) is 0 Å². The van der Waals surface area contributed by atoms with Gasteiger partial charge in [0.25, 0.3) is 5.69 Å². The van der Waals surface area contributed by atoms with E-state index in [-0.39, 0.29) is 12.3 Å². The van der Waals surface area contributed by atoms with Crippen LogP contribution in [0, 0.1) is 10.1 Å². The first-order valence-corrected chi connectivity index (χ1v) is 5.48. The Morgan fingerprint density at radius 3 is 2.89 bits per heavy atom. The molecule has 2 aromatic rings. The molecule has 0 unspecified atom stereocenters. The third kappa shape index (κ3) is 2.51. The summed E-state index contributed by atoms with van der Waals surface area (Å²) >= 11 is 0. The Morgan fingerprint density at radius 1 is 1.39 bits per heavy atom. The van der Waals surface area contributed by atoms with Crippen molar-refractivity contribution in [1.82, 2.24) is 15.0 Å². The largest absolute Gasteiger partial charge is 0.396 e. The molecule has 1 heterocycles. The van der Waals surface area contributed by atoms with Gasteiger partial charge in [-0.05, 0) is 18.9 Å². The lowest BCUT2D eigenvalue weighted by Crippen LogP contribution is -2.00. The maximum atomic E-state index is 10.9. The normalized spacial score (nSPS) is 10.5. The lowest BCUT2D eigenvalue weighted by molar-refractivity contribution is -0.384. The molecule has 2 rings (SSSR count). The van der Waals surface area contributed by atoms with Gasteiger partial charge in [0.1, 0.15) is 5.69 Å². The number of aryl methyl sites for hydroxylation is 1. The highest BCUT2D eigenvalue weighted by Crippen LogP contribution is 2.21. The van der Waals surface area contributed by atoms with Crippen LogP contribution in [0.4, 0.5) is 5.69 Å². The van der Waals surface area contributed by atoms with Crippen LogP contribution in [-0.4, -0.2) is 31.6 Å². The van der Waals surface area contributed by atoms with Crippen molar-refractivity contribution in [3.8, 4) is 5.69 Å². The monoisotopic (exact) mass is 248 g/mol. The highest BCUT2D eigenvalue weighted by Gasteiger charge is 2.15. The molecule has 1 aromatic heterocycles. The quantitative estimate of drug-likeness (QED) is 0.631. The number of para-hydroxylation sites is 2. The van der Waals surface area contributed by atoms with Gasteiger partial charge < -0.3 is 5.11 Å². The summed E-state index contributed by atoms with van der Waals surface area (Å²) in [6, 6.07) is 6.34. The molecule has 0 saturated carbocycles. The van der Waals surface area contributed by atoms with Crippen LogP contribution < -0.4 is 0 Å². The van der Waals surface area contributed by atoms with Gasteiger partial charge in [0.2, 0.25) is 0 Å². The molecule has 0 atom stereocenters. The van der Waals surface area contributed by atoms with Gasteiger partial charge in [-0.25, -0.2) is 4.68 Å². The van der Waals surface area contributed by atoms with Crippen molar-refractivity contribution in [2.45, 2.75) is 12.8 Å². The van der Waals surface area contributed by atoms with E-state index in [0.717, 1.165) is 0 Å². The van der Waals surface area contributed by atoms with E-state index in [1.165, 1.54) is 10.7 Å².